The molecule has 0 aromatic rings. The Balaban J connectivity index is 1.82. The largest absolute Gasteiger partial charge is 0.311 e. The molecule has 2 rings (SSSR count). The van der Waals surface area contributed by atoms with Gasteiger partial charge in [0.25, 0.3) is 0 Å². The topological polar surface area (TPSA) is 15.3 Å². The molecule has 1 aliphatic heterocycles. The van der Waals surface area contributed by atoms with Crippen molar-refractivity contribution in [1.29, 1.82) is 0 Å². The van der Waals surface area contributed by atoms with Gasteiger partial charge in [-0.05, 0) is 64.0 Å². The number of nitrogens with one attached hydrogen (secondary N) is 1. The Labute approximate surface area is 114 Å². The van der Waals surface area contributed by atoms with Crippen LogP contribution in [0.25, 0.3) is 0 Å². The van der Waals surface area contributed by atoms with Crippen LogP contribution in [0.15, 0.2) is 0 Å². The maximum atomic E-state index is 3.96. The zero-order valence-electron chi connectivity index (χ0n) is 12.8. The predicted molar refractivity (Wildman–Crippen MR) is 78.8 cm³/mol. The van der Waals surface area contributed by atoms with Crippen LogP contribution < -0.4 is 5.32 Å². The first-order valence-corrected chi connectivity index (χ1v) is 8.06. The molecule has 0 aromatic carbocycles. The second-order valence-corrected chi connectivity index (χ2v) is 6.83. The molecule has 1 saturated carbocycles. The molecule has 5 atom stereocenters. The van der Waals surface area contributed by atoms with Gasteiger partial charge in [-0.2, -0.15) is 0 Å². The van der Waals surface area contributed by atoms with Gasteiger partial charge in [0.15, 0.2) is 0 Å². The van der Waals surface area contributed by atoms with Crippen LogP contribution in [-0.2, 0) is 0 Å². The summed E-state index contributed by atoms with van der Waals surface area (Å²) in [6.07, 6.45) is 6.99. The zero-order valence-corrected chi connectivity index (χ0v) is 12.8. The van der Waals surface area contributed by atoms with Crippen LogP contribution in [0.5, 0.6) is 0 Å². The fraction of sp³-hybridized carbons (Fsp3) is 1.00. The first-order chi connectivity index (χ1) is 8.61. The normalized spacial score (nSPS) is 40.0. The molecule has 0 radical (unpaired) electrons. The average Bonchev–Trinajstić information content (AvgIpc) is 2.70. The molecular weight excluding hydrogens is 220 g/mol. The molecule has 0 spiro atoms. The van der Waals surface area contributed by atoms with Crippen LogP contribution in [0.4, 0.5) is 0 Å². The SMILES string of the molecule is CCC1CCC(NC(C)C2CCCN(C)C2)C1C. The van der Waals surface area contributed by atoms with Gasteiger partial charge in [-0.25, -0.2) is 0 Å². The third-order valence-electron chi connectivity index (χ3n) is 5.60. The number of nitrogens with zero attached hydrogens (tertiary/aromatic N) is 1. The third kappa shape index (κ3) is 3.27. The highest BCUT2D eigenvalue weighted by Crippen LogP contribution is 2.34. The van der Waals surface area contributed by atoms with Gasteiger partial charge in [0.1, 0.15) is 0 Å². The van der Waals surface area contributed by atoms with Gasteiger partial charge in [0, 0.05) is 18.6 Å². The molecule has 2 fully saturated rings. The maximum absolute atomic E-state index is 3.96. The van der Waals surface area contributed by atoms with Gasteiger partial charge in [-0.3, -0.25) is 0 Å². The van der Waals surface area contributed by atoms with Crippen molar-refractivity contribution < 1.29 is 0 Å². The fourth-order valence-electron chi connectivity index (χ4n) is 4.15. The van der Waals surface area contributed by atoms with Crippen LogP contribution in [0, 0.1) is 17.8 Å². The van der Waals surface area contributed by atoms with Crippen molar-refractivity contribution in [3.8, 4) is 0 Å². The van der Waals surface area contributed by atoms with E-state index in [0.717, 1.165) is 23.8 Å². The lowest BCUT2D eigenvalue weighted by atomic mass is 9.89. The van der Waals surface area contributed by atoms with E-state index in [1.165, 1.54) is 45.2 Å². The quantitative estimate of drug-likeness (QED) is 0.827. The molecule has 2 aliphatic rings. The summed E-state index contributed by atoms with van der Waals surface area (Å²) < 4.78 is 0. The van der Waals surface area contributed by atoms with Crippen molar-refractivity contribution in [2.24, 2.45) is 17.8 Å². The molecule has 5 unspecified atom stereocenters. The van der Waals surface area contributed by atoms with E-state index in [2.05, 4.69) is 38.0 Å². The van der Waals surface area contributed by atoms with E-state index in [1.807, 2.05) is 0 Å². The van der Waals surface area contributed by atoms with Crippen LogP contribution in [0.3, 0.4) is 0 Å². The minimum Gasteiger partial charge on any atom is -0.311 e. The van der Waals surface area contributed by atoms with Crippen LogP contribution in [-0.4, -0.2) is 37.1 Å². The van der Waals surface area contributed by atoms with E-state index in [0.29, 0.717) is 6.04 Å². The standard InChI is InChI=1S/C16H32N2/c1-5-14-8-9-16(12(14)2)17-13(3)15-7-6-10-18(4)11-15/h12-17H,5-11H2,1-4H3. The molecule has 1 saturated heterocycles. The van der Waals surface area contributed by atoms with Gasteiger partial charge < -0.3 is 10.2 Å². The number of piperidine rings is 1. The van der Waals surface area contributed by atoms with Gasteiger partial charge in [-0.1, -0.05) is 20.3 Å². The smallest absolute Gasteiger partial charge is 0.00980 e. The second kappa shape index (κ2) is 6.38. The fourth-order valence-corrected chi connectivity index (χ4v) is 4.15. The van der Waals surface area contributed by atoms with Crippen molar-refractivity contribution in [3.63, 3.8) is 0 Å². The lowest BCUT2D eigenvalue weighted by molar-refractivity contribution is 0.167. The summed E-state index contributed by atoms with van der Waals surface area (Å²) in [6.45, 7) is 9.80. The molecule has 1 heterocycles. The molecule has 1 N–H and O–H groups in total. The van der Waals surface area contributed by atoms with E-state index in [-0.39, 0.29) is 0 Å². The lowest BCUT2D eigenvalue weighted by Crippen LogP contribution is -2.47. The average molecular weight is 252 g/mol. The summed E-state index contributed by atoms with van der Waals surface area (Å²) in [7, 11) is 2.27. The summed E-state index contributed by atoms with van der Waals surface area (Å²) in [5.41, 5.74) is 0. The van der Waals surface area contributed by atoms with Gasteiger partial charge in [0.05, 0.1) is 0 Å². The molecule has 0 bridgehead atoms. The van der Waals surface area contributed by atoms with E-state index in [9.17, 15) is 0 Å². The third-order valence-corrected chi connectivity index (χ3v) is 5.60. The van der Waals surface area contributed by atoms with Crippen LogP contribution >= 0.6 is 0 Å². The molecule has 18 heavy (non-hydrogen) atoms. The first-order valence-electron chi connectivity index (χ1n) is 8.06. The van der Waals surface area contributed by atoms with Crippen LogP contribution in [0.1, 0.15) is 52.9 Å². The highest BCUT2D eigenvalue weighted by Gasteiger charge is 2.33. The van der Waals surface area contributed by atoms with E-state index < -0.39 is 0 Å². The van der Waals surface area contributed by atoms with Gasteiger partial charge >= 0.3 is 0 Å². The Morgan fingerprint density at radius 3 is 2.67 bits per heavy atom. The molecule has 2 nitrogen and oxygen atoms in total. The highest BCUT2D eigenvalue weighted by molar-refractivity contribution is 4.90. The van der Waals surface area contributed by atoms with Gasteiger partial charge in [0.2, 0.25) is 0 Å². The summed E-state index contributed by atoms with van der Waals surface area (Å²) in [6, 6.07) is 1.47. The van der Waals surface area contributed by atoms with E-state index >= 15 is 0 Å². The van der Waals surface area contributed by atoms with Crippen molar-refractivity contribution >= 4 is 0 Å². The van der Waals surface area contributed by atoms with E-state index in [1.54, 1.807) is 0 Å². The van der Waals surface area contributed by atoms with Crippen molar-refractivity contribution in [2.45, 2.75) is 65.0 Å². The van der Waals surface area contributed by atoms with Crippen molar-refractivity contribution in [3.05, 3.63) is 0 Å². The van der Waals surface area contributed by atoms with Crippen LogP contribution in [0.2, 0.25) is 0 Å². The van der Waals surface area contributed by atoms with Crippen molar-refractivity contribution in [2.75, 3.05) is 20.1 Å². The summed E-state index contributed by atoms with van der Waals surface area (Å²) in [5, 5.41) is 3.96. The van der Waals surface area contributed by atoms with E-state index in [4.69, 9.17) is 0 Å². The Morgan fingerprint density at radius 1 is 1.28 bits per heavy atom. The summed E-state index contributed by atoms with van der Waals surface area (Å²) in [5.74, 6) is 2.69. The number of likely N-dealkylation sites (tertiary alicyclic amines) is 1. The first kappa shape index (κ1) is 14.3. The monoisotopic (exact) mass is 252 g/mol. The number of hydrogen-bond acceptors (Lipinski definition) is 2. The van der Waals surface area contributed by atoms with Gasteiger partial charge in [-0.15, -0.1) is 0 Å². The second-order valence-electron chi connectivity index (χ2n) is 6.83. The minimum atomic E-state index is 0.691. The highest BCUT2D eigenvalue weighted by atomic mass is 15.1. The number of rotatable bonds is 4. The summed E-state index contributed by atoms with van der Waals surface area (Å²) in [4.78, 5) is 2.50. The Hall–Kier alpha value is -0.0800. The Kier molecular flexibility index (Phi) is 5.08. The Morgan fingerprint density at radius 2 is 2.06 bits per heavy atom. The zero-order chi connectivity index (χ0) is 13.1. The predicted octanol–water partition coefficient (Wildman–Crippen LogP) is 3.13. The molecule has 106 valence electrons. The maximum Gasteiger partial charge on any atom is 0.00980 e. The summed E-state index contributed by atoms with van der Waals surface area (Å²) >= 11 is 0. The molecule has 1 aliphatic carbocycles. The molecular formula is C16H32N2. The molecule has 2 heteroatoms. The number of hydrogen-bond donors (Lipinski definition) is 1. The minimum absolute atomic E-state index is 0.691. The molecule has 0 amide bonds. The van der Waals surface area contributed by atoms with Crippen molar-refractivity contribution in [1.82, 2.24) is 10.2 Å². The molecule has 0 aromatic heterocycles. The Bertz CT molecular complexity index is 253. The lowest BCUT2D eigenvalue weighted by Gasteiger charge is -2.36.